The van der Waals surface area contributed by atoms with E-state index in [2.05, 4.69) is 0 Å². The summed E-state index contributed by atoms with van der Waals surface area (Å²) in [6.07, 6.45) is 0.312. The number of hydrogen-bond donors (Lipinski definition) is 2. The molecule has 3 rings (SSSR count). The predicted octanol–water partition coefficient (Wildman–Crippen LogP) is 4.14. The van der Waals surface area contributed by atoms with Crippen LogP contribution in [0.5, 0.6) is 0 Å². The van der Waals surface area contributed by atoms with E-state index in [1.165, 1.54) is 6.26 Å². The third kappa shape index (κ3) is 4.57. The van der Waals surface area contributed by atoms with Crippen molar-refractivity contribution >= 4 is 21.4 Å². The van der Waals surface area contributed by atoms with Gasteiger partial charge < -0.3 is 10.8 Å². The summed E-state index contributed by atoms with van der Waals surface area (Å²) in [4.78, 5) is 0.272. The number of rotatable bonds is 5. The summed E-state index contributed by atoms with van der Waals surface area (Å²) < 4.78 is 23.5. The molecule has 0 aliphatic heterocycles. The van der Waals surface area contributed by atoms with Crippen molar-refractivity contribution in [1.82, 2.24) is 0 Å². The number of sulfone groups is 1. The molecule has 0 aromatic heterocycles. The third-order valence-electron chi connectivity index (χ3n) is 4.44. The smallest absolute Gasteiger partial charge is 0.175 e. The lowest BCUT2D eigenvalue weighted by Gasteiger charge is -2.20. The van der Waals surface area contributed by atoms with Crippen LogP contribution in [0.15, 0.2) is 77.7 Å². The van der Waals surface area contributed by atoms with Crippen LogP contribution in [0.25, 0.3) is 11.1 Å². The molecule has 0 bridgehead atoms. The van der Waals surface area contributed by atoms with E-state index in [1.807, 2.05) is 18.2 Å². The first kappa shape index (κ1) is 19.6. The van der Waals surface area contributed by atoms with Crippen LogP contribution in [0, 0.1) is 0 Å². The van der Waals surface area contributed by atoms with Gasteiger partial charge in [0, 0.05) is 11.3 Å². The highest BCUT2D eigenvalue weighted by molar-refractivity contribution is 7.90. The maximum atomic E-state index is 11.7. The number of hydrogen-bond acceptors (Lipinski definition) is 4. The molecule has 0 fully saturated rings. The van der Waals surface area contributed by atoms with Crippen LogP contribution in [0.4, 0.5) is 0 Å². The van der Waals surface area contributed by atoms with Crippen molar-refractivity contribution in [2.45, 2.75) is 17.0 Å². The topological polar surface area (TPSA) is 80.4 Å². The Kier molecular flexibility index (Phi) is 5.67. The highest BCUT2D eigenvalue weighted by atomic mass is 35.5. The minimum absolute atomic E-state index is 0.272. The van der Waals surface area contributed by atoms with Crippen LogP contribution >= 0.6 is 11.6 Å². The molecule has 6 heteroatoms. The van der Waals surface area contributed by atoms with Crippen LogP contribution in [0.3, 0.4) is 0 Å². The number of benzene rings is 3. The fraction of sp³-hybridized carbons (Fsp3) is 0.143. The molecule has 0 aliphatic carbocycles. The molecular weight excluding hydrogens is 382 g/mol. The van der Waals surface area contributed by atoms with Crippen molar-refractivity contribution in [3.63, 3.8) is 0 Å². The SMILES string of the molecule is CS(=O)(=O)c1cccc(-c2ccc(C(O)C(N)c3ccc(Cl)cc3)cc2)c1. The number of aliphatic hydroxyl groups is 1. The molecule has 3 aromatic carbocycles. The van der Waals surface area contributed by atoms with Gasteiger partial charge in [-0.3, -0.25) is 0 Å². The van der Waals surface area contributed by atoms with Gasteiger partial charge in [-0.05, 0) is 46.5 Å². The van der Waals surface area contributed by atoms with E-state index in [9.17, 15) is 13.5 Å². The van der Waals surface area contributed by atoms with Crippen molar-refractivity contribution in [3.8, 4) is 11.1 Å². The summed E-state index contributed by atoms with van der Waals surface area (Å²) in [7, 11) is -3.27. The Hall–Kier alpha value is -2.18. The van der Waals surface area contributed by atoms with E-state index in [0.717, 1.165) is 16.7 Å². The van der Waals surface area contributed by atoms with Gasteiger partial charge in [0.15, 0.2) is 9.84 Å². The molecule has 4 nitrogen and oxygen atoms in total. The molecule has 3 N–H and O–H groups in total. The second-order valence-corrected chi connectivity index (χ2v) is 8.90. The lowest BCUT2D eigenvalue weighted by atomic mass is 9.95. The van der Waals surface area contributed by atoms with Crippen molar-refractivity contribution in [1.29, 1.82) is 0 Å². The Labute approximate surface area is 164 Å². The van der Waals surface area contributed by atoms with Crippen LogP contribution in [-0.2, 0) is 9.84 Å². The number of halogens is 1. The van der Waals surface area contributed by atoms with Gasteiger partial charge in [-0.2, -0.15) is 0 Å². The van der Waals surface area contributed by atoms with Gasteiger partial charge in [-0.25, -0.2) is 8.42 Å². The summed E-state index contributed by atoms with van der Waals surface area (Å²) in [5.41, 5.74) is 9.30. The van der Waals surface area contributed by atoms with Crippen LogP contribution in [0.1, 0.15) is 23.3 Å². The zero-order valence-corrected chi connectivity index (χ0v) is 16.3. The highest BCUT2D eigenvalue weighted by Gasteiger charge is 2.19. The molecule has 0 heterocycles. The summed E-state index contributed by atoms with van der Waals surface area (Å²) in [6, 6.07) is 20.5. The molecular formula is C21H20ClNO3S. The van der Waals surface area contributed by atoms with E-state index in [1.54, 1.807) is 54.6 Å². The largest absolute Gasteiger partial charge is 0.386 e. The number of nitrogens with two attached hydrogens (primary N) is 1. The normalized spacial score (nSPS) is 13.9. The summed E-state index contributed by atoms with van der Waals surface area (Å²) >= 11 is 5.89. The van der Waals surface area contributed by atoms with Crippen LogP contribution in [-0.4, -0.2) is 19.8 Å². The molecule has 27 heavy (non-hydrogen) atoms. The molecule has 0 amide bonds. The second kappa shape index (κ2) is 7.82. The molecule has 0 aliphatic rings. The molecule has 2 unspecified atom stereocenters. The second-order valence-electron chi connectivity index (χ2n) is 6.44. The number of aliphatic hydroxyl groups excluding tert-OH is 1. The Morgan fingerprint density at radius 1 is 0.889 bits per heavy atom. The van der Waals surface area contributed by atoms with Crippen molar-refractivity contribution in [2.24, 2.45) is 5.73 Å². The van der Waals surface area contributed by atoms with E-state index in [4.69, 9.17) is 17.3 Å². The van der Waals surface area contributed by atoms with Gasteiger partial charge in [-0.15, -0.1) is 0 Å². The van der Waals surface area contributed by atoms with Gasteiger partial charge >= 0.3 is 0 Å². The van der Waals surface area contributed by atoms with Gasteiger partial charge in [0.2, 0.25) is 0 Å². The van der Waals surface area contributed by atoms with Crippen molar-refractivity contribution in [3.05, 3.63) is 88.9 Å². The summed E-state index contributed by atoms with van der Waals surface area (Å²) in [5.74, 6) is 0. The fourth-order valence-corrected chi connectivity index (χ4v) is 3.65. The minimum atomic E-state index is -3.27. The predicted molar refractivity (Wildman–Crippen MR) is 108 cm³/mol. The third-order valence-corrected chi connectivity index (χ3v) is 5.81. The van der Waals surface area contributed by atoms with Gasteiger partial charge in [0.1, 0.15) is 0 Å². The quantitative estimate of drug-likeness (QED) is 0.673. The Balaban J connectivity index is 1.84. The average molecular weight is 402 g/mol. The lowest BCUT2D eigenvalue weighted by molar-refractivity contribution is 0.147. The summed E-state index contributed by atoms with van der Waals surface area (Å²) in [5, 5.41) is 11.2. The Morgan fingerprint density at radius 2 is 1.48 bits per heavy atom. The highest BCUT2D eigenvalue weighted by Crippen LogP contribution is 2.30. The first-order valence-electron chi connectivity index (χ1n) is 8.35. The molecule has 140 valence electrons. The molecule has 2 atom stereocenters. The van der Waals surface area contributed by atoms with E-state index in [0.29, 0.717) is 10.6 Å². The standard InChI is InChI=1S/C21H20ClNO3S/c1-27(25,26)19-4-2-3-17(13-19)14-5-7-16(8-6-14)21(24)20(23)15-9-11-18(22)12-10-15/h2-13,20-21,24H,23H2,1H3. The Bertz CT molecular complexity index is 1030. The van der Waals surface area contributed by atoms with Gasteiger partial charge in [0.05, 0.1) is 17.0 Å². The lowest BCUT2D eigenvalue weighted by Crippen LogP contribution is -2.19. The molecule has 0 radical (unpaired) electrons. The maximum Gasteiger partial charge on any atom is 0.175 e. The zero-order valence-electron chi connectivity index (χ0n) is 14.7. The van der Waals surface area contributed by atoms with Crippen molar-refractivity contribution in [2.75, 3.05) is 6.26 Å². The van der Waals surface area contributed by atoms with Gasteiger partial charge in [-0.1, -0.05) is 60.1 Å². The van der Waals surface area contributed by atoms with E-state index < -0.39 is 22.0 Å². The first-order chi connectivity index (χ1) is 12.8. The molecule has 0 saturated carbocycles. The molecule has 0 saturated heterocycles. The summed E-state index contributed by atoms with van der Waals surface area (Å²) in [6.45, 7) is 0. The van der Waals surface area contributed by atoms with E-state index in [-0.39, 0.29) is 4.90 Å². The maximum absolute atomic E-state index is 11.7. The minimum Gasteiger partial charge on any atom is -0.386 e. The van der Waals surface area contributed by atoms with Crippen LogP contribution in [0.2, 0.25) is 5.02 Å². The fourth-order valence-electron chi connectivity index (χ4n) is 2.85. The van der Waals surface area contributed by atoms with Crippen LogP contribution < -0.4 is 5.73 Å². The monoisotopic (exact) mass is 401 g/mol. The van der Waals surface area contributed by atoms with Gasteiger partial charge in [0.25, 0.3) is 0 Å². The first-order valence-corrected chi connectivity index (χ1v) is 10.6. The van der Waals surface area contributed by atoms with Crippen molar-refractivity contribution < 1.29 is 13.5 Å². The zero-order chi connectivity index (χ0) is 19.6. The molecule has 0 spiro atoms. The molecule has 3 aromatic rings. The average Bonchev–Trinajstić information content (AvgIpc) is 2.67. The van der Waals surface area contributed by atoms with E-state index >= 15 is 0 Å². The Morgan fingerprint density at radius 3 is 2.07 bits per heavy atom.